The number of rotatable bonds is 3. The van der Waals surface area contributed by atoms with Crippen molar-refractivity contribution in [2.45, 2.75) is 6.54 Å². The smallest absolute Gasteiger partial charge is 0.123 e. The van der Waals surface area contributed by atoms with Crippen molar-refractivity contribution in [1.29, 1.82) is 0 Å². The number of nitrogens with two attached hydrogens (primary N) is 1. The molecule has 1 fully saturated rings. The van der Waals surface area contributed by atoms with Crippen LogP contribution in [-0.4, -0.2) is 44.9 Å². The normalized spacial score (nSPS) is 15.7. The van der Waals surface area contributed by atoms with Gasteiger partial charge in [-0.2, -0.15) is 0 Å². The second kappa shape index (κ2) is 7.15. The van der Waals surface area contributed by atoms with E-state index in [0.717, 1.165) is 49.7 Å². The predicted octanol–water partition coefficient (Wildman–Crippen LogP) is 0.838. The summed E-state index contributed by atoms with van der Waals surface area (Å²) in [6.07, 6.45) is 0. The molecule has 0 amide bonds. The lowest BCUT2D eigenvalue weighted by Gasteiger charge is -2.27. The molecule has 1 heterocycles. The van der Waals surface area contributed by atoms with E-state index in [1.54, 1.807) is 7.11 Å². The van der Waals surface area contributed by atoms with E-state index in [1.165, 1.54) is 0 Å². The monoisotopic (exact) mass is 260 g/mol. The van der Waals surface area contributed by atoms with Gasteiger partial charge >= 0.3 is 0 Å². The van der Waals surface area contributed by atoms with Crippen molar-refractivity contribution in [3.63, 3.8) is 0 Å². The van der Waals surface area contributed by atoms with E-state index in [4.69, 9.17) is 15.2 Å². The van der Waals surface area contributed by atoms with Crippen molar-refractivity contribution >= 4 is 0 Å². The highest BCUT2D eigenvalue weighted by molar-refractivity contribution is 5.44. The maximum absolute atomic E-state index is 5.42. The van der Waals surface area contributed by atoms with Crippen LogP contribution < -0.4 is 10.5 Å². The molecule has 0 saturated carbocycles. The number of ether oxygens (including phenoxy) is 2. The molecule has 0 spiro atoms. The lowest BCUT2D eigenvalue weighted by Crippen LogP contribution is -2.35. The number of benzene rings is 1. The van der Waals surface area contributed by atoms with Crippen LogP contribution in [0.2, 0.25) is 0 Å². The average molecular weight is 260 g/mol. The highest BCUT2D eigenvalue weighted by atomic mass is 16.5. The van der Waals surface area contributed by atoms with Gasteiger partial charge in [0.1, 0.15) is 5.75 Å². The fraction of sp³-hybridized carbons (Fsp3) is 0.467. The minimum Gasteiger partial charge on any atom is -0.496 e. The molecule has 0 radical (unpaired) electrons. The molecule has 0 aliphatic carbocycles. The molecule has 1 aromatic rings. The van der Waals surface area contributed by atoms with Crippen LogP contribution in [0.15, 0.2) is 18.2 Å². The summed E-state index contributed by atoms with van der Waals surface area (Å²) in [5.41, 5.74) is 7.54. The molecular weight excluding hydrogens is 240 g/mol. The molecule has 1 aromatic carbocycles. The average Bonchev–Trinajstić information content (AvgIpc) is 2.46. The number of hydrogen-bond donors (Lipinski definition) is 1. The van der Waals surface area contributed by atoms with E-state index >= 15 is 0 Å². The second-order valence-corrected chi connectivity index (χ2v) is 4.42. The van der Waals surface area contributed by atoms with Gasteiger partial charge in [-0.25, -0.2) is 0 Å². The summed E-state index contributed by atoms with van der Waals surface area (Å²) in [6, 6.07) is 6.01. The van der Waals surface area contributed by atoms with Gasteiger partial charge in [-0.05, 0) is 18.2 Å². The van der Waals surface area contributed by atoms with Gasteiger partial charge in [-0.3, -0.25) is 4.90 Å². The predicted molar refractivity (Wildman–Crippen MR) is 75.0 cm³/mol. The Morgan fingerprint density at radius 1 is 1.37 bits per heavy atom. The minimum absolute atomic E-state index is 0.380. The lowest BCUT2D eigenvalue weighted by atomic mass is 10.1. The molecule has 0 atom stereocenters. The molecule has 2 rings (SSSR count). The molecule has 2 N–H and O–H groups in total. The first kappa shape index (κ1) is 13.9. The Kier molecular flexibility index (Phi) is 5.22. The molecule has 1 aliphatic rings. The van der Waals surface area contributed by atoms with Crippen molar-refractivity contribution in [1.82, 2.24) is 4.90 Å². The van der Waals surface area contributed by atoms with Crippen LogP contribution in [0.1, 0.15) is 11.1 Å². The molecule has 4 heteroatoms. The molecular formula is C15H20N2O2. The van der Waals surface area contributed by atoms with Gasteiger partial charge in [0.15, 0.2) is 0 Å². The third-order valence-electron chi connectivity index (χ3n) is 3.11. The molecule has 4 nitrogen and oxygen atoms in total. The van der Waals surface area contributed by atoms with Crippen LogP contribution in [0, 0.1) is 11.8 Å². The van der Waals surface area contributed by atoms with E-state index in [2.05, 4.69) is 22.8 Å². The Morgan fingerprint density at radius 3 is 2.84 bits per heavy atom. The lowest BCUT2D eigenvalue weighted by molar-refractivity contribution is 0.0339. The van der Waals surface area contributed by atoms with Gasteiger partial charge in [-0.15, -0.1) is 0 Å². The summed E-state index contributed by atoms with van der Waals surface area (Å²) < 4.78 is 10.8. The van der Waals surface area contributed by atoms with Gasteiger partial charge in [0.05, 0.1) is 26.9 Å². The standard InChI is InChI=1S/C15H20N2O2/c1-18-15-5-4-13(3-2-6-16)11-14(15)12-17-7-9-19-10-8-17/h4-5,11H,6-10,12,16H2,1H3. The Bertz CT molecular complexity index is 471. The van der Waals surface area contributed by atoms with E-state index in [-0.39, 0.29) is 0 Å². The zero-order valence-corrected chi connectivity index (χ0v) is 11.3. The number of morpholine rings is 1. The molecule has 0 bridgehead atoms. The highest BCUT2D eigenvalue weighted by Gasteiger charge is 2.13. The van der Waals surface area contributed by atoms with Gasteiger partial charge in [0.2, 0.25) is 0 Å². The summed E-state index contributed by atoms with van der Waals surface area (Å²) in [6.45, 7) is 4.77. The van der Waals surface area contributed by atoms with Crippen LogP contribution in [0.3, 0.4) is 0 Å². The van der Waals surface area contributed by atoms with Gasteiger partial charge in [-0.1, -0.05) is 11.8 Å². The zero-order chi connectivity index (χ0) is 13.5. The summed E-state index contributed by atoms with van der Waals surface area (Å²) in [5.74, 6) is 6.84. The first-order chi connectivity index (χ1) is 9.33. The summed E-state index contributed by atoms with van der Waals surface area (Å²) in [4.78, 5) is 2.36. The fourth-order valence-corrected chi connectivity index (χ4v) is 2.13. The third kappa shape index (κ3) is 3.97. The van der Waals surface area contributed by atoms with Gasteiger partial charge in [0, 0.05) is 30.8 Å². The largest absolute Gasteiger partial charge is 0.496 e. The van der Waals surface area contributed by atoms with E-state index in [1.807, 2.05) is 12.1 Å². The molecule has 19 heavy (non-hydrogen) atoms. The summed E-state index contributed by atoms with van der Waals surface area (Å²) in [7, 11) is 1.70. The van der Waals surface area contributed by atoms with E-state index in [9.17, 15) is 0 Å². The zero-order valence-electron chi connectivity index (χ0n) is 11.3. The Labute approximate surface area is 114 Å². The van der Waals surface area contributed by atoms with Crippen molar-refractivity contribution < 1.29 is 9.47 Å². The minimum atomic E-state index is 0.380. The van der Waals surface area contributed by atoms with E-state index in [0.29, 0.717) is 6.54 Å². The highest BCUT2D eigenvalue weighted by Crippen LogP contribution is 2.21. The molecule has 1 aliphatic heterocycles. The van der Waals surface area contributed by atoms with Crippen LogP contribution >= 0.6 is 0 Å². The van der Waals surface area contributed by atoms with Crippen LogP contribution in [0.25, 0.3) is 0 Å². The Hall–Kier alpha value is -1.54. The van der Waals surface area contributed by atoms with Crippen LogP contribution in [0.5, 0.6) is 5.75 Å². The maximum atomic E-state index is 5.42. The first-order valence-corrected chi connectivity index (χ1v) is 6.49. The van der Waals surface area contributed by atoms with E-state index < -0.39 is 0 Å². The Morgan fingerprint density at radius 2 is 2.16 bits per heavy atom. The molecule has 1 saturated heterocycles. The van der Waals surface area contributed by atoms with Crippen molar-refractivity contribution in [2.24, 2.45) is 5.73 Å². The van der Waals surface area contributed by atoms with Crippen molar-refractivity contribution in [3.8, 4) is 17.6 Å². The maximum Gasteiger partial charge on any atom is 0.123 e. The molecule has 0 unspecified atom stereocenters. The van der Waals surface area contributed by atoms with Gasteiger partial charge in [0.25, 0.3) is 0 Å². The van der Waals surface area contributed by atoms with Crippen LogP contribution in [0.4, 0.5) is 0 Å². The SMILES string of the molecule is COc1ccc(C#CCN)cc1CN1CCOCC1. The van der Waals surface area contributed by atoms with Crippen molar-refractivity contribution in [3.05, 3.63) is 29.3 Å². The first-order valence-electron chi connectivity index (χ1n) is 6.49. The topological polar surface area (TPSA) is 47.7 Å². The van der Waals surface area contributed by atoms with Crippen molar-refractivity contribution in [2.75, 3.05) is 40.0 Å². The molecule has 0 aromatic heterocycles. The second-order valence-electron chi connectivity index (χ2n) is 4.42. The summed E-state index contributed by atoms with van der Waals surface area (Å²) in [5, 5.41) is 0. The third-order valence-corrected chi connectivity index (χ3v) is 3.11. The number of methoxy groups -OCH3 is 1. The van der Waals surface area contributed by atoms with Crippen LogP contribution in [-0.2, 0) is 11.3 Å². The number of hydrogen-bond acceptors (Lipinski definition) is 4. The number of nitrogens with zero attached hydrogens (tertiary/aromatic N) is 1. The van der Waals surface area contributed by atoms with Gasteiger partial charge < -0.3 is 15.2 Å². The Balaban J connectivity index is 2.15. The quantitative estimate of drug-likeness (QED) is 0.818. The fourth-order valence-electron chi connectivity index (χ4n) is 2.13. The summed E-state index contributed by atoms with van der Waals surface area (Å²) >= 11 is 0. The molecule has 102 valence electrons.